The summed E-state index contributed by atoms with van der Waals surface area (Å²) in [6.07, 6.45) is -0.998. The first-order valence-corrected chi connectivity index (χ1v) is 8.54. The van der Waals surface area contributed by atoms with Crippen LogP contribution in [0.1, 0.15) is 39.5 Å². The topological polar surface area (TPSA) is 44.4 Å². The molecule has 1 aliphatic carbocycles. The first-order valence-electron chi connectivity index (χ1n) is 8.54. The van der Waals surface area contributed by atoms with Gasteiger partial charge in [0, 0.05) is 38.1 Å². The van der Waals surface area contributed by atoms with Crippen LogP contribution < -0.4 is 10.6 Å². The molecule has 0 aromatic rings. The molecule has 0 aromatic carbocycles. The molecule has 2 fully saturated rings. The maximum Gasteiger partial charge on any atom is 0.405 e. The Kier molecular flexibility index (Phi) is 5.94. The third-order valence-corrected chi connectivity index (χ3v) is 5.02. The van der Waals surface area contributed by atoms with Crippen LogP contribution in [-0.4, -0.2) is 55.7 Å². The zero-order chi connectivity index (χ0) is 17.1. The zero-order valence-electron chi connectivity index (χ0n) is 14.0. The number of amides is 1. The van der Waals surface area contributed by atoms with Gasteiger partial charge in [-0.25, -0.2) is 0 Å². The second-order valence-corrected chi connectivity index (χ2v) is 7.29. The van der Waals surface area contributed by atoms with E-state index in [9.17, 15) is 18.0 Å². The van der Waals surface area contributed by atoms with E-state index < -0.39 is 17.6 Å². The van der Waals surface area contributed by atoms with Gasteiger partial charge < -0.3 is 10.6 Å². The van der Waals surface area contributed by atoms with Crippen LogP contribution in [0.15, 0.2) is 0 Å². The van der Waals surface area contributed by atoms with Crippen molar-refractivity contribution in [3.63, 3.8) is 0 Å². The van der Waals surface area contributed by atoms with Gasteiger partial charge in [0.05, 0.1) is 0 Å². The van der Waals surface area contributed by atoms with Gasteiger partial charge in [-0.3, -0.25) is 9.69 Å². The highest BCUT2D eigenvalue weighted by molar-refractivity contribution is 5.83. The molecule has 0 aromatic heterocycles. The summed E-state index contributed by atoms with van der Waals surface area (Å²) in [4.78, 5) is 13.9. The van der Waals surface area contributed by atoms with Crippen molar-refractivity contribution >= 4 is 5.91 Å². The van der Waals surface area contributed by atoms with Gasteiger partial charge >= 0.3 is 6.18 Å². The normalized spacial score (nSPS) is 23.4. The van der Waals surface area contributed by atoms with Gasteiger partial charge in [0.2, 0.25) is 5.91 Å². The molecule has 134 valence electrons. The van der Waals surface area contributed by atoms with Gasteiger partial charge in [-0.15, -0.1) is 0 Å². The average Bonchev–Trinajstić information content (AvgIpc) is 2.42. The molecule has 1 unspecified atom stereocenters. The van der Waals surface area contributed by atoms with Crippen LogP contribution in [0.5, 0.6) is 0 Å². The van der Waals surface area contributed by atoms with E-state index in [0.29, 0.717) is 32.1 Å². The Hall–Kier alpha value is -0.820. The molecule has 1 heterocycles. The number of nitrogens with one attached hydrogen (secondary N) is 2. The minimum absolute atomic E-state index is 0.193. The molecule has 1 aliphatic heterocycles. The van der Waals surface area contributed by atoms with Crippen LogP contribution in [0.3, 0.4) is 0 Å². The van der Waals surface area contributed by atoms with Crippen LogP contribution in [-0.2, 0) is 4.79 Å². The Labute approximate surface area is 136 Å². The largest absolute Gasteiger partial charge is 0.405 e. The third kappa shape index (κ3) is 4.59. The molecule has 0 spiro atoms. The summed E-state index contributed by atoms with van der Waals surface area (Å²) in [6, 6.07) is -1.59. The number of hydrogen-bond acceptors (Lipinski definition) is 3. The smallest absolute Gasteiger partial charge is 0.354 e. The molecule has 1 amide bonds. The van der Waals surface area contributed by atoms with Gasteiger partial charge in [0.25, 0.3) is 0 Å². The lowest BCUT2D eigenvalue weighted by Crippen LogP contribution is -2.59. The van der Waals surface area contributed by atoms with Crippen molar-refractivity contribution in [2.75, 3.05) is 32.7 Å². The number of hydrogen-bond donors (Lipinski definition) is 2. The van der Waals surface area contributed by atoms with E-state index in [2.05, 4.69) is 10.6 Å². The van der Waals surface area contributed by atoms with Crippen molar-refractivity contribution < 1.29 is 18.0 Å². The van der Waals surface area contributed by atoms with Crippen molar-refractivity contribution in [3.8, 4) is 0 Å². The molecule has 7 heteroatoms. The number of nitrogens with zero attached hydrogens (tertiary/aromatic N) is 1. The van der Waals surface area contributed by atoms with Crippen LogP contribution in [0.4, 0.5) is 13.2 Å². The van der Waals surface area contributed by atoms with Gasteiger partial charge in [-0.05, 0) is 25.2 Å². The van der Waals surface area contributed by atoms with E-state index >= 15 is 0 Å². The predicted molar refractivity (Wildman–Crippen MR) is 83.0 cm³/mol. The van der Waals surface area contributed by atoms with Crippen molar-refractivity contribution in [1.82, 2.24) is 15.5 Å². The molecule has 23 heavy (non-hydrogen) atoms. The number of rotatable bonds is 6. The van der Waals surface area contributed by atoms with E-state index in [0.717, 1.165) is 25.7 Å². The Morgan fingerprint density at radius 1 is 1.26 bits per heavy atom. The highest BCUT2D eigenvalue weighted by Gasteiger charge is 2.47. The van der Waals surface area contributed by atoms with E-state index in [4.69, 9.17) is 0 Å². The fourth-order valence-electron chi connectivity index (χ4n) is 3.73. The molecule has 1 atom stereocenters. The van der Waals surface area contributed by atoms with Crippen molar-refractivity contribution in [3.05, 3.63) is 0 Å². The monoisotopic (exact) mass is 335 g/mol. The first-order chi connectivity index (χ1) is 10.7. The van der Waals surface area contributed by atoms with Gasteiger partial charge in [-0.1, -0.05) is 20.3 Å². The molecule has 1 saturated carbocycles. The number of carbonyl (C=O) groups is 1. The van der Waals surface area contributed by atoms with Crippen molar-refractivity contribution in [1.29, 1.82) is 0 Å². The molecule has 4 nitrogen and oxygen atoms in total. The van der Waals surface area contributed by atoms with E-state index in [1.165, 1.54) is 4.90 Å². The Morgan fingerprint density at radius 2 is 1.87 bits per heavy atom. The number of halogens is 3. The zero-order valence-corrected chi connectivity index (χ0v) is 14.0. The number of carbonyl (C=O) groups excluding carboxylic acids is 1. The van der Waals surface area contributed by atoms with Crippen molar-refractivity contribution in [2.24, 2.45) is 11.3 Å². The molecular weight excluding hydrogens is 307 g/mol. The molecule has 2 N–H and O–H groups in total. The van der Waals surface area contributed by atoms with Crippen LogP contribution in [0.2, 0.25) is 0 Å². The second-order valence-electron chi connectivity index (χ2n) is 7.29. The van der Waals surface area contributed by atoms with Gasteiger partial charge in [0.1, 0.15) is 6.04 Å². The molecule has 2 rings (SSSR count). The lowest BCUT2D eigenvalue weighted by molar-refractivity contribution is -0.184. The summed E-state index contributed by atoms with van der Waals surface area (Å²) in [5.41, 5.74) is -0.437. The highest BCUT2D eigenvalue weighted by atomic mass is 19.4. The lowest BCUT2D eigenvalue weighted by atomic mass is 9.64. The first kappa shape index (κ1) is 18.5. The molecule has 0 radical (unpaired) electrons. The van der Waals surface area contributed by atoms with E-state index in [-0.39, 0.29) is 12.5 Å². The lowest BCUT2D eigenvalue weighted by Gasteiger charge is -2.42. The van der Waals surface area contributed by atoms with E-state index in [1.54, 1.807) is 0 Å². The van der Waals surface area contributed by atoms with Crippen LogP contribution in [0.25, 0.3) is 0 Å². The molecule has 2 aliphatic rings. The third-order valence-electron chi connectivity index (χ3n) is 5.02. The van der Waals surface area contributed by atoms with E-state index in [1.807, 2.05) is 13.8 Å². The summed E-state index contributed by atoms with van der Waals surface area (Å²) in [5, 5.41) is 5.67. The standard InChI is InChI=1S/C16H28F3N3O/c1-12(2)10-15(4-3-5-15)14(23)21-11-13(16(17,18)19)22-8-6-20-7-9-22/h12-13,20H,3-11H2,1-2H3,(H,21,23). The summed E-state index contributed by atoms with van der Waals surface area (Å²) in [6.45, 7) is 5.57. The SMILES string of the molecule is CC(C)CC1(C(=O)NCC(N2CCNCC2)C(F)(F)F)CCC1. The van der Waals surface area contributed by atoms with Gasteiger partial charge in [0.15, 0.2) is 0 Å². The Bertz CT molecular complexity index is 402. The Balaban J connectivity index is 1.96. The molecule has 1 saturated heterocycles. The fraction of sp³-hybridized carbons (Fsp3) is 0.938. The fourth-order valence-corrected chi connectivity index (χ4v) is 3.73. The average molecular weight is 335 g/mol. The summed E-state index contributed by atoms with van der Waals surface area (Å²) >= 11 is 0. The molecule has 0 bridgehead atoms. The van der Waals surface area contributed by atoms with Crippen molar-refractivity contribution in [2.45, 2.75) is 51.7 Å². The quantitative estimate of drug-likeness (QED) is 0.782. The highest BCUT2D eigenvalue weighted by Crippen LogP contribution is 2.46. The maximum absolute atomic E-state index is 13.3. The number of alkyl halides is 3. The summed E-state index contributed by atoms with van der Waals surface area (Å²) in [5.74, 6) is 0.175. The predicted octanol–water partition coefficient (Wildman–Crippen LogP) is 2.16. The summed E-state index contributed by atoms with van der Waals surface area (Å²) < 4.78 is 40.0. The second kappa shape index (κ2) is 7.38. The summed E-state index contributed by atoms with van der Waals surface area (Å²) in [7, 11) is 0. The molecular formula is C16H28F3N3O. The Morgan fingerprint density at radius 3 is 2.30 bits per heavy atom. The number of piperazine rings is 1. The van der Waals surface area contributed by atoms with Crippen LogP contribution in [0, 0.1) is 11.3 Å². The van der Waals surface area contributed by atoms with Gasteiger partial charge in [-0.2, -0.15) is 13.2 Å². The maximum atomic E-state index is 13.3. The minimum Gasteiger partial charge on any atom is -0.354 e. The van der Waals surface area contributed by atoms with Crippen LogP contribution >= 0.6 is 0 Å². The minimum atomic E-state index is -4.32.